The Hall–Kier alpha value is -2.01. The molecule has 3 N–H and O–H groups in total. The van der Waals surface area contributed by atoms with E-state index in [2.05, 4.69) is 22.5 Å². The molecule has 2 aromatic carbocycles. The summed E-state index contributed by atoms with van der Waals surface area (Å²) in [5, 5.41) is 8.70. The van der Waals surface area contributed by atoms with E-state index in [4.69, 9.17) is 23.2 Å². The third kappa shape index (κ3) is 5.01. The molecule has 6 heteroatoms. The third-order valence-electron chi connectivity index (χ3n) is 4.12. The van der Waals surface area contributed by atoms with E-state index >= 15 is 0 Å². The largest absolute Gasteiger partial charge is 0.371 e. The second kappa shape index (κ2) is 8.58. The van der Waals surface area contributed by atoms with Crippen LogP contribution in [0.25, 0.3) is 10.9 Å². The molecule has 1 aromatic heterocycles. The molecule has 0 spiro atoms. The number of halogens is 2. The van der Waals surface area contributed by atoms with Gasteiger partial charge in [0.25, 0.3) is 0 Å². The van der Waals surface area contributed by atoms with Crippen molar-refractivity contribution in [1.82, 2.24) is 10.3 Å². The number of anilines is 1. The summed E-state index contributed by atoms with van der Waals surface area (Å²) in [5.41, 5.74) is 1.91. The van der Waals surface area contributed by atoms with Crippen LogP contribution in [0.4, 0.5) is 5.82 Å². The molecule has 0 bridgehead atoms. The molecular formula is C20H21Cl2N3O. The molecule has 0 aliphatic rings. The Morgan fingerprint density at radius 2 is 1.77 bits per heavy atom. The summed E-state index contributed by atoms with van der Waals surface area (Å²) in [5.74, 6) is 1.11. The minimum Gasteiger partial charge on any atom is -0.371 e. The molecule has 1 heterocycles. The second-order valence-corrected chi connectivity index (χ2v) is 7.36. The summed E-state index contributed by atoms with van der Waals surface area (Å²) in [7, 11) is 0. The van der Waals surface area contributed by atoms with Gasteiger partial charge in [-0.2, -0.15) is 0 Å². The third-order valence-corrected chi connectivity index (χ3v) is 4.56. The van der Waals surface area contributed by atoms with E-state index in [1.807, 2.05) is 36.4 Å². The molecule has 0 aliphatic carbocycles. The zero-order chi connectivity index (χ0) is 18.5. The van der Waals surface area contributed by atoms with E-state index in [0.29, 0.717) is 27.9 Å². The van der Waals surface area contributed by atoms with Crippen LogP contribution in [0, 0.1) is 5.92 Å². The zero-order valence-electron chi connectivity index (χ0n) is 14.5. The number of aromatic amines is 1. The monoisotopic (exact) mass is 389 g/mol. The topological polar surface area (TPSA) is 56.9 Å². The average molecular weight is 390 g/mol. The second-order valence-electron chi connectivity index (χ2n) is 6.49. The van der Waals surface area contributed by atoms with Crippen LogP contribution in [0.1, 0.15) is 12.5 Å². The number of aromatic nitrogens is 1. The highest BCUT2D eigenvalue weighted by molar-refractivity contribution is 6.34. The van der Waals surface area contributed by atoms with Crippen LogP contribution >= 0.6 is 23.2 Å². The number of benzene rings is 2. The number of nitrogens with one attached hydrogen (secondary N) is 3. The molecule has 1 atom stereocenters. The summed E-state index contributed by atoms with van der Waals surface area (Å²) in [4.78, 5) is 15.4. The number of pyridine rings is 1. The molecule has 0 aliphatic heterocycles. The number of H-pyrrole nitrogens is 1. The van der Waals surface area contributed by atoms with E-state index in [1.165, 1.54) is 0 Å². The maximum atomic E-state index is 12.1. The van der Waals surface area contributed by atoms with Crippen molar-refractivity contribution in [2.45, 2.75) is 13.5 Å². The van der Waals surface area contributed by atoms with Gasteiger partial charge >= 0.3 is 0 Å². The maximum absolute atomic E-state index is 12.1. The van der Waals surface area contributed by atoms with Crippen molar-refractivity contribution >= 4 is 39.9 Å². The van der Waals surface area contributed by atoms with Crippen molar-refractivity contribution in [3.63, 3.8) is 0 Å². The molecule has 0 saturated heterocycles. The van der Waals surface area contributed by atoms with Gasteiger partial charge in [0.1, 0.15) is 5.82 Å². The normalized spacial score (nSPS) is 12.3. The Labute approximate surface area is 162 Å². The Morgan fingerprint density at radius 3 is 2.54 bits per heavy atom. The van der Waals surface area contributed by atoms with Crippen LogP contribution in [-0.2, 0) is 6.54 Å². The molecule has 0 fully saturated rings. The first kappa shape index (κ1) is 18.8. The number of para-hydroxylation sites is 1. The van der Waals surface area contributed by atoms with Crippen molar-refractivity contribution in [3.8, 4) is 0 Å². The van der Waals surface area contributed by atoms with E-state index in [-0.39, 0.29) is 5.43 Å². The number of rotatable bonds is 7. The van der Waals surface area contributed by atoms with Gasteiger partial charge in [-0.1, -0.05) is 42.3 Å². The maximum Gasteiger partial charge on any atom is 0.191 e. The summed E-state index contributed by atoms with van der Waals surface area (Å²) in [6.45, 7) is 4.42. The van der Waals surface area contributed by atoms with Crippen molar-refractivity contribution < 1.29 is 0 Å². The average Bonchev–Trinajstić information content (AvgIpc) is 2.59. The Morgan fingerprint density at radius 1 is 1.04 bits per heavy atom. The van der Waals surface area contributed by atoms with Crippen LogP contribution in [0.2, 0.25) is 10.0 Å². The van der Waals surface area contributed by atoms with E-state index in [0.717, 1.165) is 30.0 Å². The van der Waals surface area contributed by atoms with Gasteiger partial charge < -0.3 is 15.6 Å². The number of hydrogen-bond acceptors (Lipinski definition) is 3. The van der Waals surface area contributed by atoms with Gasteiger partial charge in [-0.25, -0.2) is 0 Å². The van der Waals surface area contributed by atoms with Crippen LogP contribution < -0.4 is 16.1 Å². The van der Waals surface area contributed by atoms with Gasteiger partial charge in [-0.05, 0) is 48.4 Å². The van der Waals surface area contributed by atoms with Gasteiger partial charge in [0, 0.05) is 34.6 Å². The van der Waals surface area contributed by atoms with E-state index in [1.54, 1.807) is 12.1 Å². The molecule has 26 heavy (non-hydrogen) atoms. The highest BCUT2D eigenvalue weighted by Crippen LogP contribution is 2.19. The van der Waals surface area contributed by atoms with E-state index < -0.39 is 0 Å². The minimum atomic E-state index is 0.0189. The van der Waals surface area contributed by atoms with Crippen molar-refractivity contribution in [1.29, 1.82) is 0 Å². The Bertz CT molecular complexity index is 935. The molecule has 4 nitrogen and oxygen atoms in total. The van der Waals surface area contributed by atoms with Crippen LogP contribution in [0.5, 0.6) is 0 Å². The fourth-order valence-electron chi connectivity index (χ4n) is 2.82. The van der Waals surface area contributed by atoms with Crippen LogP contribution in [-0.4, -0.2) is 18.1 Å². The Kier molecular flexibility index (Phi) is 6.20. The van der Waals surface area contributed by atoms with Crippen LogP contribution in [0.3, 0.4) is 0 Å². The lowest BCUT2D eigenvalue weighted by Crippen LogP contribution is -2.26. The first-order chi connectivity index (χ1) is 12.5. The number of hydrogen-bond donors (Lipinski definition) is 3. The SMILES string of the molecule is CC(CNCc1cc(Cl)cc(Cl)c1)CNc1cc(=O)c2ccccc2[nH]1. The summed E-state index contributed by atoms with van der Waals surface area (Å²) in [6, 6.07) is 14.7. The molecule has 3 aromatic rings. The van der Waals surface area contributed by atoms with Crippen molar-refractivity contribution in [3.05, 3.63) is 74.4 Å². The molecule has 0 radical (unpaired) electrons. The fourth-order valence-corrected chi connectivity index (χ4v) is 3.40. The summed E-state index contributed by atoms with van der Waals surface area (Å²) < 4.78 is 0. The first-order valence-corrected chi connectivity index (χ1v) is 9.28. The fraction of sp³-hybridized carbons (Fsp3) is 0.250. The smallest absolute Gasteiger partial charge is 0.191 e. The Balaban J connectivity index is 1.51. The molecular weight excluding hydrogens is 369 g/mol. The number of fused-ring (bicyclic) bond motifs is 1. The van der Waals surface area contributed by atoms with Crippen molar-refractivity contribution in [2.24, 2.45) is 5.92 Å². The van der Waals surface area contributed by atoms with Gasteiger partial charge in [-0.3, -0.25) is 4.79 Å². The molecule has 136 valence electrons. The molecule has 3 rings (SSSR count). The summed E-state index contributed by atoms with van der Waals surface area (Å²) in [6.07, 6.45) is 0. The minimum absolute atomic E-state index is 0.0189. The lowest BCUT2D eigenvalue weighted by atomic mass is 10.1. The predicted molar refractivity (Wildman–Crippen MR) is 110 cm³/mol. The summed E-state index contributed by atoms with van der Waals surface area (Å²) >= 11 is 12.0. The molecule has 1 unspecified atom stereocenters. The molecule has 0 amide bonds. The predicted octanol–water partition coefficient (Wildman–Crippen LogP) is 4.67. The first-order valence-electron chi connectivity index (χ1n) is 8.53. The lowest BCUT2D eigenvalue weighted by Gasteiger charge is -2.15. The highest BCUT2D eigenvalue weighted by atomic mass is 35.5. The zero-order valence-corrected chi connectivity index (χ0v) is 16.0. The van der Waals surface area contributed by atoms with E-state index in [9.17, 15) is 4.79 Å². The van der Waals surface area contributed by atoms with Gasteiger partial charge in [0.05, 0.1) is 5.52 Å². The van der Waals surface area contributed by atoms with Gasteiger partial charge in [0.2, 0.25) is 0 Å². The standard InChI is InChI=1S/C20H21Cl2N3O/c1-13(10-23-12-14-6-15(21)8-16(22)7-14)11-24-20-9-19(26)17-4-2-3-5-18(17)25-20/h2-9,13,23H,10-12H2,1H3,(H2,24,25,26). The van der Waals surface area contributed by atoms with Gasteiger partial charge in [-0.15, -0.1) is 0 Å². The molecule has 0 saturated carbocycles. The van der Waals surface area contributed by atoms with Crippen LogP contribution in [0.15, 0.2) is 53.3 Å². The van der Waals surface area contributed by atoms with Crippen molar-refractivity contribution in [2.75, 3.05) is 18.4 Å². The quantitative estimate of drug-likeness (QED) is 0.550. The highest BCUT2D eigenvalue weighted by Gasteiger charge is 2.05. The lowest BCUT2D eigenvalue weighted by molar-refractivity contribution is 0.533. The van der Waals surface area contributed by atoms with Gasteiger partial charge in [0.15, 0.2) is 5.43 Å².